The van der Waals surface area contributed by atoms with E-state index in [-0.39, 0.29) is 0 Å². The minimum absolute atomic E-state index is 0.600. The normalized spacial score (nSPS) is 14.2. The van der Waals surface area contributed by atoms with Gasteiger partial charge in [0.25, 0.3) is 0 Å². The summed E-state index contributed by atoms with van der Waals surface area (Å²) in [5.74, 6) is 3.42. The maximum absolute atomic E-state index is 6.98. The summed E-state index contributed by atoms with van der Waals surface area (Å²) in [7, 11) is 0. The van der Waals surface area contributed by atoms with Gasteiger partial charge in [-0.1, -0.05) is 0 Å². The molecule has 2 atom stereocenters. The van der Waals surface area contributed by atoms with Crippen molar-refractivity contribution in [3.63, 3.8) is 0 Å². The van der Waals surface area contributed by atoms with Gasteiger partial charge in [-0.2, -0.15) is 0 Å². The summed E-state index contributed by atoms with van der Waals surface area (Å²) in [6.07, 6.45) is 9.88. The van der Waals surface area contributed by atoms with Crippen LogP contribution in [0.15, 0.2) is 24.3 Å². The Bertz CT molecular complexity index is 1360. The minimum atomic E-state index is -2.27. The number of rotatable bonds is 16. The van der Waals surface area contributed by atoms with Crippen molar-refractivity contribution in [1.29, 1.82) is 0 Å². The first-order valence-corrected chi connectivity index (χ1v) is 38.3. The summed E-state index contributed by atoms with van der Waals surface area (Å²) in [5, 5.41) is 5.20. The maximum atomic E-state index is 6.98. The first-order valence-electron chi connectivity index (χ1n) is 16.6. The molecule has 6 heteroatoms. The Labute approximate surface area is 272 Å². The molecule has 0 amide bonds. The molecule has 2 aromatic heterocycles. The molecule has 0 N–H and O–H groups in total. The Kier molecular flexibility index (Phi) is 12.3. The summed E-state index contributed by atoms with van der Waals surface area (Å²) in [5.41, 5.74) is 0. The van der Waals surface area contributed by atoms with Crippen molar-refractivity contribution >= 4 is 96.2 Å². The average Bonchev–Trinajstić information content (AvgIpc) is 3.57. The average molecular weight is 822 g/mol. The van der Waals surface area contributed by atoms with Gasteiger partial charge in [-0.05, 0) is 0 Å². The number of hydrogen-bond donors (Lipinski definition) is 0. The van der Waals surface area contributed by atoms with E-state index in [2.05, 4.69) is 81.6 Å². The van der Waals surface area contributed by atoms with E-state index in [1.165, 1.54) is 82.3 Å². The molecule has 0 radical (unpaired) electrons. The number of ether oxygens (including phenoxy) is 2. The van der Waals surface area contributed by atoms with Gasteiger partial charge in [0.2, 0.25) is 0 Å². The van der Waals surface area contributed by atoms with Crippen molar-refractivity contribution in [3.8, 4) is 11.5 Å². The quantitative estimate of drug-likeness (QED) is 0.105. The molecule has 0 saturated heterocycles. The second-order valence-corrected chi connectivity index (χ2v) is 47.5. The van der Waals surface area contributed by atoms with Crippen LogP contribution in [0.25, 0.3) is 30.9 Å². The van der Waals surface area contributed by atoms with Crippen LogP contribution in [-0.2, 0) is 0 Å². The van der Waals surface area contributed by atoms with E-state index in [9.17, 15) is 0 Å². The number of thiophene rings is 2. The molecule has 2 aromatic carbocycles. The fourth-order valence-corrected chi connectivity index (χ4v) is 18.5. The Morgan fingerprint density at radius 1 is 0.595 bits per heavy atom. The van der Waals surface area contributed by atoms with Gasteiger partial charge in [-0.3, -0.25) is 0 Å². The van der Waals surface area contributed by atoms with E-state index in [0.717, 1.165) is 24.7 Å². The third-order valence-corrected chi connectivity index (χ3v) is 30.0. The topological polar surface area (TPSA) is 18.5 Å². The molecule has 4 rings (SSSR count). The third-order valence-electron chi connectivity index (χ3n) is 8.80. The van der Waals surface area contributed by atoms with Gasteiger partial charge < -0.3 is 0 Å². The van der Waals surface area contributed by atoms with E-state index in [1.807, 2.05) is 22.7 Å². The van der Waals surface area contributed by atoms with Crippen molar-refractivity contribution in [2.24, 2.45) is 11.8 Å². The fraction of sp³-hybridized carbons (Fsp3) is 0.611. The molecular weight excluding hydrogens is 766 g/mol. The number of unbranched alkanes of at least 4 members (excludes halogenated alkanes) is 2. The van der Waals surface area contributed by atoms with Crippen LogP contribution in [0, 0.1) is 11.8 Å². The number of benzene rings is 2. The van der Waals surface area contributed by atoms with Gasteiger partial charge in [0.15, 0.2) is 0 Å². The van der Waals surface area contributed by atoms with Gasteiger partial charge in [-0.15, -0.1) is 0 Å². The van der Waals surface area contributed by atoms with Crippen molar-refractivity contribution in [2.75, 3.05) is 13.2 Å². The van der Waals surface area contributed by atoms with Crippen LogP contribution in [0.5, 0.6) is 11.5 Å². The predicted octanol–water partition coefficient (Wildman–Crippen LogP) is 11.5. The van der Waals surface area contributed by atoms with Crippen molar-refractivity contribution < 1.29 is 9.47 Å². The molecule has 0 bridgehead atoms. The second-order valence-electron chi connectivity index (χ2n) is 14.5. The first kappa shape index (κ1) is 34.7. The molecule has 2 unspecified atom stereocenters. The summed E-state index contributed by atoms with van der Waals surface area (Å²) in [6, 6.07) is 9.91. The number of hydrogen-bond acceptors (Lipinski definition) is 4. The molecule has 0 saturated carbocycles. The Hall–Kier alpha value is -0.183. The van der Waals surface area contributed by atoms with Crippen LogP contribution in [0.1, 0.15) is 79.1 Å². The predicted molar refractivity (Wildman–Crippen MR) is 198 cm³/mol. The van der Waals surface area contributed by atoms with Gasteiger partial charge in [-0.25, -0.2) is 0 Å². The fourth-order valence-electron chi connectivity index (χ4n) is 5.69. The van der Waals surface area contributed by atoms with E-state index in [1.54, 1.807) is 5.79 Å². The van der Waals surface area contributed by atoms with Crippen LogP contribution < -0.4 is 15.3 Å². The van der Waals surface area contributed by atoms with Crippen LogP contribution in [-0.4, -0.2) is 50.0 Å². The number of fused-ring (bicyclic) bond motifs is 3. The zero-order valence-corrected chi connectivity index (χ0v) is 35.5. The second kappa shape index (κ2) is 14.9. The molecule has 0 spiro atoms. The van der Waals surface area contributed by atoms with Crippen LogP contribution in [0.3, 0.4) is 0 Å². The van der Waals surface area contributed by atoms with Crippen LogP contribution in [0.2, 0.25) is 29.6 Å². The Balaban J connectivity index is 1.95. The van der Waals surface area contributed by atoms with E-state index in [4.69, 9.17) is 9.47 Å². The Morgan fingerprint density at radius 2 is 0.976 bits per heavy atom. The summed E-state index contributed by atoms with van der Waals surface area (Å²) in [4.78, 5) is 15.2. The van der Waals surface area contributed by atoms with Crippen molar-refractivity contribution in [3.05, 3.63) is 24.3 Å². The zero-order valence-electron chi connectivity index (χ0n) is 28.2. The molecule has 0 aliphatic carbocycles. The molecule has 232 valence electrons. The molecule has 4 aromatic rings. The van der Waals surface area contributed by atoms with Crippen molar-refractivity contribution in [2.45, 2.75) is 109 Å². The molecule has 42 heavy (non-hydrogen) atoms. The van der Waals surface area contributed by atoms with Crippen LogP contribution >= 0.6 is 22.7 Å². The molecular formula is C36H56O2S2Sn2. The Morgan fingerprint density at radius 3 is 1.29 bits per heavy atom. The molecule has 0 aliphatic rings. The van der Waals surface area contributed by atoms with E-state index >= 15 is 0 Å². The molecule has 2 nitrogen and oxygen atoms in total. The molecule has 0 fully saturated rings. The molecule has 0 aliphatic heterocycles. The van der Waals surface area contributed by atoms with Crippen LogP contribution in [0.4, 0.5) is 0 Å². The summed E-state index contributed by atoms with van der Waals surface area (Å²) in [6.45, 7) is 10.8. The van der Waals surface area contributed by atoms with Gasteiger partial charge in [0.05, 0.1) is 0 Å². The standard InChI is InChI=1S/C30H38O2S2.6CH3.2Sn/c1-5-9-11-21(7-3)19-31-27-25-17-24-14-16-34-30(24)28(32-20-22(8-4)12-10-6-2)26(25)18-23-13-15-33-29(23)27;;;;;;;;/h13-14,17-18,21-22H,5-12,19-20H2,1-4H3;6*1H3;;. The summed E-state index contributed by atoms with van der Waals surface area (Å²) < 4.78 is 19.9. The third kappa shape index (κ3) is 8.15. The van der Waals surface area contributed by atoms with Gasteiger partial charge in [0, 0.05) is 0 Å². The summed E-state index contributed by atoms with van der Waals surface area (Å²) >= 11 is -0.512. The van der Waals surface area contributed by atoms with Crippen molar-refractivity contribution in [1.82, 2.24) is 0 Å². The van der Waals surface area contributed by atoms with Gasteiger partial charge >= 0.3 is 275 Å². The van der Waals surface area contributed by atoms with E-state index in [0.29, 0.717) is 11.8 Å². The zero-order chi connectivity index (χ0) is 30.7. The first-order chi connectivity index (χ1) is 19.9. The monoisotopic (exact) mass is 824 g/mol. The molecule has 2 heterocycles. The SMILES string of the molecule is CCCCC(CC)COc1c2cc3c[c]([Sn]([CH3])([CH3])[CH3])sc3c(OCC(CC)CCCC)c2cc2c[c]([Sn]([CH3])([CH3])[CH3])sc12. The van der Waals surface area contributed by atoms with E-state index < -0.39 is 36.8 Å². The van der Waals surface area contributed by atoms with Gasteiger partial charge in [0.1, 0.15) is 0 Å².